The van der Waals surface area contributed by atoms with Gasteiger partial charge in [-0.15, -0.1) is 0 Å². The molecule has 152 valence electrons. The third kappa shape index (κ3) is 4.50. The van der Waals surface area contributed by atoms with Crippen LogP contribution in [0.1, 0.15) is 43.2 Å². The summed E-state index contributed by atoms with van der Waals surface area (Å²) in [6.45, 7) is 0.264. The lowest BCUT2D eigenvalue weighted by atomic mass is 9.85. The molecule has 0 saturated carbocycles. The van der Waals surface area contributed by atoms with Crippen molar-refractivity contribution < 1.29 is 18.7 Å². The summed E-state index contributed by atoms with van der Waals surface area (Å²) in [4.78, 5) is 27.2. The maximum atomic E-state index is 13.8. The Hall–Kier alpha value is -2.69. The van der Waals surface area contributed by atoms with Crippen molar-refractivity contribution in [2.24, 2.45) is 5.92 Å². The molecule has 0 N–H and O–H groups in total. The van der Waals surface area contributed by atoms with E-state index in [-0.39, 0.29) is 42.3 Å². The van der Waals surface area contributed by atoms with Gasteiger partial charge in [0.05, 0.1) is 0 Å². The molecule has 0 aromatic heterocycles. The van der Waals surface area contributed by atoms with E-state index in [1.807, 2.05) is 35.2 Å². The number of Topliss-reactive ketones (excluding diaryl/α,β-unsaturated/α-hetero) is 1. The lowest BCUT2D eigenvalue weighted by molar-refractivity contribution is -0.125. The number of halogens is 1. The fourth-order valence-corrected chi connectivity index (χ4v) is 4.70. The summed E-state index contributed by atoms with van der Waals surface area (Å²) in [5, 5.41) is 0. The van der Waals surface area contributed by atoms with E-state index in [4.69, 9.17) is 4.74 Å². The zero-order chi connectivity index (χ0) is 20.2. The number of amides is 1. The molecule has 0 aliphatic carbocycles. The summed E-state index contributed by atoms with van der Waals surface area (Å²) in [6.07, 6.45) is 3.72. The predicted molar refractivity (Wildman–Crippen MR) is 108 cm³/mol. The normalized spacial score (nSPS) is 23.1. The van der Waals surface area contributed by atoms with Crippen molar-refractivity contribution in [1.29, 1.82) is 0 Å². The van der Waals surface area contributed by atoms with Gasteiger partial charge in [0.1, 0.15) is 18.2 Å². The number of carbonyl (C=O) groups is 2. The molecule has 2 heterocycles. The maximum Gasteiger partial charge on any atom is 0.410 e. The number of hydrogen-bond donors (Lipinski definition) is 0. The second-order valence-electron chi connectivity index (χ2n) is 8.06. The van der Waals surface area contributed by atoms with Gasteiger partial charge in [0, 0.05) is 24.4 Å². The van der Waals surface area contributed by atoms with E-state index in [0.29, 0.717) is 31.2 Å². The lowest BCUT2D eigenvalue weighted by Crippen LogP contribution is -2.48. The van der Waals surface area contributed by atoms with Gasteiger partial charge in [0.15, 0.2) is 0 Å². The molecule has 4 nitrogen and oxygen atoms in total. The van der Waals surface area contributed by atoms with Crippen LogP contribution in [0.2, 0.25) is 0 Å². The van der Waals surface area contributed by atoms with E-state index in [2.05, 4.69) is 0 Å². The minimum atomic E-state index is -0.279. The first-order chi connectivity index (χ1) is 14.1. The molecule has 0 radical (unpaired) electrons. The largest absolute Gasteiger partial charge is 0.445 e. The third-order valence-electron chi connectivity index (χ3n) is 6.20. The number of piperidine rings is 1. The number of benzene rings is 2. The van der Waals surface area contributed by atoms with Crippen molar-refractivity contribution in [3.63, 3.8) is 0 Å². The van der Waals surface area contributed by atoms with E-state index < -0.39 is 0 Å². The van der Waals surface area contributed by atoms with Gasteiger partial charge in [-0.2, -0.15) is 0 Å². The Kier molecular flexibility index (Phi) is 5.93. The first-order valence-corrected chi connectivity index (χ1v) is 10.4. The fraction of sp³-hybridized carbons (Fsp3) is 0.417. The minimum Gasteiger partial charge on any atom is -0.445 e. The highest BCUT2D eigenvalue weighted by atomic mass is 19.1. The number of ketones is 1. The Morgan fingerprint density at radius 3 is 2.31 bits per heavy atom. The van der Waals surface area contributed by atoms with E-state index >= 15 is 0 Å². The zero-order valence-corrected chi connectivity index (χ0v) is 16.4. The molecule has 1 amide bonds. The second-order valence-corrected chi connectivity index (χ2v) is 8.06. The quantitative estimate of drug-likeness (QED) is 0.698. The van der Waals surface area contributed by atoms with Crippen LogP contribution in [0.5, 0.6) is 0 Å². The number of hydrogen-bond acceptors (Lipinski definition) is 3. The van der Waals surface area contributed by atoms with Crippen LogP contribution in [-0.2, 0) is 22.6 Å². The molecule has 2 aliphatic heterocycles. The monoisotopic (exact) mass is 395 g/mol. The Balaban J connectivity index is 1.30. The number of fused-ring (bicyclic) bond motifs is 2. The Morgan fingerprint density at radius 1 is 0.966 bits per heavy atom. The van der Waals surface area contributed by atoms with Crippen LogP contribution in [-0.4, -0.2) is 28.9 Å². The fourth-order valence-electron chi connectivity index (χ4n) is 4.70. The van der Waals surface area contributed by atoms with Crippen LogP contribution in [0.15, 0.2) is 54.6 Å². The van der Waals surface area contributed by atoms with Gasteiger partial charge in [0.2, 0.25) is 0 Å². The number of carbonyl (C=O) groups excluding carboxylic acids is 2. The molecule has 29 heavy (non-hydrogen) atoms. The molecular weight excluding hydrogens is 369 g/mol. The molecule has 2 aliphatic rings. The van der Waals surface area contributed by atoms with Crippen molar-refractivity contribution in [2.75, 3.05) is 0 Å². The van der Waals surface area contributed by atoms with Crippen LogP contribution in [0.25, 0.3) is 0 Å². The van der Waals surface area contributed by atoms with Gasteiger partial charge in [-0.1, -0.05) is 48.5 Å². The van der Waals surface area contributed by atoms with Crippen molar-refractivity contribution in [3.8, 4) is 0 Å². The number of ether oxygens (including phenoxy) is 1. The Labute approximate surface area is 170 Å². The van der Waals surface area contributed by atoms with Gasteiger partial charge < -0.3 is 9.64 Å². The molecule has 2 aromatic rings. The molecule has 4 rings (SSSR count). The summed E-state index contributed by atoms with van der Waals surface area (Å²) < 4.78 is 19.3. The number of nitrogens with zero attached hydrogens (tertiary/aromatic N) is 1. The first-order valence-electron chi connectivity index (χ1n) is 10.4. The van der Waals surface area contributed by atoms with Gasteiger partial charge in [-0.05, 0) is 49.3 Å². The molecule has 2 atom stereocenters. The molecular formula is C24H26FNO3. The first kappa shape index (κ1) is 19.6. The van der Waals surface area contributed by atoms with E-state index in [1.54, 1.807) is 18.2 Å². The maximum absolute atomic E-state index is 13.8. The van der Waals surface area contributed by atoms with Crippen LogP contribution in [0.3, 0.4) is 0 Å². The number of aryl methyl sites for hydroxylation is 1. The van der Waals surface area contributed by atoms with Crippen molar-refractivity contribution >= 4 is 11.9 Å². The lowest BCUT2D eigenvalue weighted by Gasteiger charge is -2.37. The average molecular weight is 395 g/mol. The van der Waals surface area contributed by atoms with Gasteiger partial charge in [-0.25, -0.2) is 9.18 Å². The van der Waals surface area contributed by atoms with Crippen molar-refractivity contribution in [3.05, 3.63) is 71.5 Å². The van der Waals surface area contributed by atoms with Gasteiger partial charge >= 0.3 is 6.09 Å². The third-order valence-corrected chi connectivity index (χ3v) is 6.20. The summed E-state index contributed by atoms with van der Waals surface area (Å²) >= 11 is 0. The van der Waals surface area contributed by atoms with E-state index in [9.17, 15) is 14.0 Å². The molecule has 2 unspecified atom stereocenters. The molecule has 2 saturated heterocycles. The molecule has 2 aromatic carbocycles. The summed E-state index contributed by atoms with van der Waals surface area (Å²) in [7, 11) is 0. The summed E-state index contributed by atoms with van der Waals surface area (Å²) in [5.74, 6) is -0.115. The van der Waals surface area contributed by atoms with Gasteiger partial charge in [-0.3, -0.25) is 4.79 Å². The Morgan fingerprint density at radius 2 is 1.62 bits per heavy atom. The molecule has 2 bridgehead atoms. The predicted octanol–water partition coefficient (Wildman–Crippen LogP) is 4.91. The summed E-state index contributed by atoms with van der Waals surface area (Å²) in [5.41, 5.74) is 1.55. The van der Waals surface area contributed by atoms with Crippen LogP contribution in [0, 0.1) is 11.7 Å². The van der Waals surface area contributed by atoms with Crippen LogP contribution in [0.4, 0.5) is 9.18 Å². The van der Waals surface area contributed by atoms with Gasteiger partial charge in [0.25, 0.3) is 0 Å². The second kappa shape index (κ2) is 8.76. The smallest absolute Gasteiger partial charge is 0.410 e. The topological polar surface area (TPSA) is 46.6 Å². The molecule has 0 spiro atoms. The Bertz CT molecular complexity index is 855. The highest BCUT2D eigenvalue weighted by Crippen LogP contribution is 2.40. The highest BCUT2D eigenvalue weighted by molar-refractivity contribution is 5.82. The SMILES string of the molecule is O=C(CCc1ccccc1F)C1CC2CCC(C1)N2C(=O)OCc1ccccc1. The molecule has 5 heteroatoms. The summed E-state index contributed by atoms with van der Waals surface area (Å²) in [6, 6.07) is 16.4. The minimum absolute atomic E-state index is 0.0440. The standard InChI is InChI=1S/C24H26FNO3/c25-22-9-5-4-8-18(22)10-13-23(27)19-14-20-11-12-21(15-19)26(20)24(28)29-16-17-6-2-1-3-7-17/h1-9,19-21H,10-16H2. The average Bonchev–Trinajstić information content (AvgIpc) is 3.01. The zero-order valence-electron chi connectivity index (χ0n) is 16.4. The number of rotatable bonds is 6. The van der Waals surface area contributed by atoms with E-state index in [1.165, 1.54) is 6.07 Å². The van der Waals surface area contributed by atoms with Crippen LogP contribution < -0.4 is 0 Å². The molecule has 2 fully saturated rings. The van der Waals surface area contributed by atoms with Crippen LogP contribution >= 0.6 is 0 Å². The van der Waals surface area contributed by atoms with Crippen molar-refractivity contribution in [1.82, 2.24) is 4.90 Å². The van der Waals surface area contributed by atoms with E-state index in [0.717, 1.165) is 18.4 Å². The van der Waals surface area contributed by atoms with Crippen molar-refractivity contribution in [2.45, 2.75) is 57.2 Å². The highest BCUT2D eigenvalue weighted by Gasteiger charge is 2.45.